The molecule has 0 spiro atoms. The van der Waals surface area contributed by atoms with E-state index in [0.717, 1.165) is 30.8 Å². The quantitative estimate of drug-likeness (QED) is 0.547. The van der Waals surface area contributed by atoms with Crippen LogP contribution in [-0.2, 0) is 6.54 Å². The number of nitrogens with one attached hydrogen (secondary N) is 1. The van der Waals surface area contributed by atoms with Crippen LogP contribution in [0, 0.1) is 23.2 Å². The van der Waals surface area contributed by atoms with E-state index in [1.54, 1.807) is 0 Å². The molecule has 0 saturated carbocycles. The summed E-state index contributed by atoms with van der Waals surface area (Å²) in [4.78, 5) is 21.8. The van der Waals surface area contributed by atoms with Gasteiger partial charge < -0.3 is 4.98 Å². The summed E-state index contributed by atoms with van der Waals surface area (Å²) in [6.07, 6.45) is 1.85. The van der Waals surface area contributed by atoms with E-state index in [2.05, 4.69) is 48.6 Å². The molecular formula is C21H28N4OS. The Balaban J connectivity index is 2.39. The lowest BCUT2D eigenvalue weighted by Gasteiger charge is -2.26. The van der Waals surface area contributed by atoms with Gasteiger partial charge in [0.1, 0.15) is 11.6 Å². The molecular weight excluding hydrogens is 356 g/mol. The molecule has 0 atom stereocenters. The van der Waals surface area contributed by atoms with Crippen molar-refractivity contribution in [3.05, 3.63) is 45.7 Å². The summed E-state index contributed by atoms with van der Waals surface area (Å²) < 4.78 is 0. The first-order chi connectivity index (χ1) is 12.8. The van der Waals surface area contributed by atoms with Gasteiger partial charge in [0.25, 0.3) is 5.56 Å². The summed E-state index contributed by atoms with van der Waals surface area (Å²) in [7, 11) is 0. The third kappa shape index (κ3) is 5.95. The van der Waals surface area contributed by atoms with Crippen LogP contribution in [0.5, 0.6) is 0 Å². The average Bonchev–Trinajstić information content (AvgIpc) is 2.60. The number of benzene rings is 1. The highest BCUT2D eigenvalue weighted by Gasteiger charge is 2.15. The van der Waals surface area contributed by atoms with Crippen LogP contribution in [0.15, 0.2) is 34.2 Å². The first kappa shape index (κ1) is 21.2. The monoisotopic (exact) mass is 384 g/mol. The molecule has 0 aliphatic heterocycles. The largest absolute Gasteiger partial charge is 0.300 e. The first-order valence-electron chi connectivity index (χ1n) is 9.24. The topological polar surface area (TPSA) is 72.8 Å². The Morgan fingerprint density at radius 3 is 2.44 bits per heavy atom. The van der Waals surface area contributed by atoms with Crippen LogP contribution < -0.4 is 5.56 Å². The third-order valence-corrected chi connectivity index (χ3v) is 4.64. The molecule has 0 fully saturated rings. The van der Waals surface area contributed by atoms with Gasteiger partial charge in [-0.15, -0.1) is 0 Å². The smallest absolute Gasteiger partial charge is 0.270 e. The fraction of sp³-hybridized carbons (Fsp3) is 0.476. The minimum Gasteiger partial charge on any atom is -0.300 e. The van der Waals surface area contributed by atoms with Gasteiger partial charge in [-0.05, 0) is 29.7 Å². The van der Waals surface area contributed by atoms with Crippen LogP contribution in [0.3, 0.4) is 0 Å². The number of H-pyrrole nitrogens is 1. The molecule has 0 saturated heterocycles. The predicted molar refractivity (Wildman–Crippen MR) is 112 cm³/mol. The molecule has 0 unspecified atom stereocenters. The van der Waals surface area contributed by atoms with E-state index in [4.69, 9.17) is 0 Å². The van der Waals surface area contributed by atoms with Crippen molar-refractivity contribution in [2.24, 2.45) is 11.8 Å². The first-order valence-corrected chi connectivity index (χ1v) is 10.5. The SMILES string of the molecule is CSc1nc(-c2cccc(CN(CC(C)C)CC(C)C)c2)c(C#N)c(=O)[nH]1. The van der Waals surface area contributed by atoms with Gasteiger partial charge in [-0.1, -0.05) is 57.7 Å². The van der Waals surface area contributed by atoms with Crippen molar-refractivity contribution in [2.75, 3.05) is 19.3 Å². The van der Waals surface area contributed by atoms with Crippen molar-refractivity contribution in [2.45, 2.75) is 39.4 Å². The Kier molecular flexibility index (Phi) is 7.64. The van der Waals surface area contributed by atoms with Gasteiger partial charge in [-0.25, -0.2) is 4.98 Å². The van der Waals surface area contributed by atoms with Crippen LogP contribution in [-0.4, -0.2) is 34.2 Å². The average molecular weight is 385 g/mol. The van der Waals surface area contributed by atoms with E-state index >= 15 is 0 Å². The molecule has 144 valence electrons. The number of hydrogen-bond donors (Lipinski definition) is 1. The van der Waals surface area contributed by atoms with E-state index in [-0.39, 0.29) is 5.56 Å². The Labute approximate surface area is 165 Å². The zero-order valence-corrected chi connectivity index (χ0v) is 17.6. The van der Waals surface area contributed by atoms with Crippen LogP contribution in [0.1, 0.15) is 38.8 Å². The van der Waals surface area contributed by atoms with Crippen molar-refractivity contribution in [3.63, 3.8) is 0 Å². The second-order valence-electron chi connectivity index (χ2n) is 7.59. The molecule has 1 aromatic heterocycles. The number of aromatic amines is 1. The maximum Gasteiger partial charge on any atom is 0.270 e. The van der Waals surface area contributed by atoms with Crippen molar-refractivity contribution in [1.82, 2.24) is 14.9 Å². The number of nitrogens with zero attached hydrogens (tertiary/aromatic N) is 3. The minimum absolute atomic E-state index is 0.0613. The highest BCUT2D eigenvalue weighted by Crippen LogP contribution is 2.23. The summed E-state index contributed by atoms with van der Waals surface area (Å²) in [6, 6.07) is 10.0. The molecule has 0 bridgehead atoms. The van der Waals surface area contributed by atoms with Crippen LogP contribution in [0.2, 0.25) is 0 Å². The molecule has 1 heterocycles. The van der Waals surface area contributed by atoms with Crippen LogP contribution in [0.25, 0.3) is 11.3 Å². The zero-order valence-electron chi connectivity index (χ0n) is 16.7. The van der Waals surface area contributed by atoms with E-state index in [1.165, 1.54) is 11.8 Å². The fourth-order valence-corrected chi connectivity index (χ4v) is 3.55. The molecule has 5 nitrogen and oxygen atoms in total. The molecule has 6 heteroatoms. The molecule has 0 aliphatic carbocycles. The molecule has 2 rings (SSSR count). The molecule has 0 amide bonds. The van der Waals surface area contributed by atoms with E-state index < -0.39 is 5.56 Å². The molecule has 1 aromatic carbocycles. The number of aromatic nitrogens is 2. The Hall–Kier alpha value is -2.10. The zero-order chi connectivity index (χ0) is 20.0. The molecule has 0 aliphatic rings. The summed E-state index contributed by atoms with van der Waals surface area (Å²) in [5.41, 5.74) is 2.08. The normalized spacial score (nSPS) is 11.4. The number of nitriles is 1. The maximum absolute atomic E-state index is 12.2. The maximum atomic E-state index is 12.2. The standard InChI is InChI=1S/C21H28N4OS/c1-14(2)11-25(12-15(3)4)13-16-7-6-8-17(9-16)19-18(10-22)20(26)24-21(23-19)27-5/h6-9,14-15H,11-13H2,1-5H3,(H,23,24,26). The Morgan fingerprint density at radius 2 is 1.89 bits per heavy atom. The van der Waals surface area contributed by atoms with Crippen molar-refractivity contribution >= 4 is 11.8 Å². The lowest BCUT2D eigenvalue weighted by Crippen LogP contribution is -2.30. The van der Waals surface area contributed by atoms with Crippen LogP contribution in [0.4, 0.5) is 0 Å². The minimum atomic E-state index is -0.390. The fourth-order valence-electron chi connectivity index (χ4n) is 3.17. The Bertz CT molecular complexity index is 857. The van der Waals surface area contributed by atoms with Crippen molar-refractivity contribution in [1.29, 1.82) is 5.26 Å². The number of hydrogen-bond acceptors (Lipinski definition) is 5. The summed E-state index contributed by atoms with van der Waals surface area (Å²) >= 11 is 1.36. The van der Waals surface area contributed by atoms with Gasteiger partial charge in [0.15, 0.2) is 5.16 Å². The van der Waals surface area contributed by atoms with E-state index in [1.807, 2.05) is 30.5 Å². The lowest BCUT2D eigenvalue weighted by molar-refractivity contribution is 0.211. The van der Waals surface area contributed by atoms with E-state index in [0.29, 0.717) is 22.7 Å². The van der Waals surface area contributed by atoms with Crippen molar-refractivity contribution < 1.29 is 0 Å². The van der Waals surface area contributed by atoms with Gasteiger partial charge in [0.2, 0.25) is 0 Å². The summed E-state index contributed by atoms with van der Waals surface area (Å²) in [6.45, 7) is 11.8. The highest BCUT2D eigenvalue weighted by molar-refractivity contribution is 7.98. The second kappa shape index (κ2) is 9.72. The molecule has 0 radical (unpaired) electrons. The summed E-state index contributed by atoms with van der Waals surface area (Å²) in [5, 5.41) is 9.93. The van der Waals surface area contributed by atoms with Gasteiger partial charge in [-0.3, -0.25) is 9.69 Å². The molecule has 1 N–H and O–H groups in total. The van der Waals surface area contributed by atoms with Gasteiger partial charge in [-0.2, -0.15) is 5.26 Å². The second-order valence-corrected chi connectivity index (χ2v) is 8.39. The molecule has 27 heavy (non-hydrogen) atoms. The predicted octanol–water partition coefficient (Wildman–Crippen LogP) is 4.14. The van der Waals surface area contributed by atoms with Gasteiger partial charge >= 0.3 is 0 Å². The van der Waals surface area contributed by atoms with Gasteiger partial charge in [0.05, 0.1) is 5.69 Å². The molecule has 2 aromatic rings. The number of thioether (sulfide) groups is 1. The number of rotatable bonds is 8. The lowest BCUT2D eigenvalue weighted by atomic mass is 10.0. The third-order valence-electron chi connectivity index (χ3n) is 4.06. The van der Waals surface area contributed by atoms with E-state index in [9.17, 15) is 10.1 Å². The Morgan fingerprint density at radius 1 is 1.22 bits per heavy atom. The van der Waals surface area contributed by atoms with Gasteiger partial charge in [0, 0.05) is 25.2 Å². The van der Waals surface area contributed by atoms with Crippen LogP contribution >= 0.6 is 11.8 Å². The highest BCUT2D eigenvalue weighted by atomic mass is 32.2. The summed E-state index contributed by atoms with van der Waals surface area (Å²) in [5.74, 6) is 1.19. The van der Waals surface area contributed by atoms with Crippen molar-refractivity contribution in [3.8, 4) is 17.3 Å².